The molecule has 0 atom stereocenters. The van der Waals surface area contributed by atoms with E-state index >= 15 is 0 Å². The van der Waals surface area contributed by atoms with Crippen molar-refractivity contribution >= 4 is 33.4 Å². The maximum absolute atomic E-state index is 12.6. The molecule has 0 unspecified atom stereocenters. The Bertz CT molecular complexity index is 1150. The molecule has 3 N–H and O–H groups in total. The average molecular weight is 478 g/mol. The van der Waals surface area contributed by atoms with Gasteiger partial charge in [0.15, 0.2) is 6.61 Å². The predicted molar refractivity (Wildman–Crippen MR) is 121 cm³/mol. The lowest BCUT2D eigenvalue weighted by atomic mass is 10.3. The summed E-state index contributed by atoms with van der Waals surface area (Å²) in [4.78, 5) is 16.1. The third kappa shape index (κ3) is 6.89. The number of aryl methyl sites for hydroxylation is 1. The van der Waals surface area contributed by atoms with Gasteiger partial charge in [-0.3, -0.25) is 14.6 Å². The van der Waals surface area contributed by atoms with Gasteiger partial charge in [-0.15, -0.1) is 5.10 Å². The second-order valence-electron chi connectivity index (χ2n) is 6.50. The molecule has 0 aliphatic heterocycles. The molecule has 1 heterocycles. The number of carbonyl (C=O) groups excluding carboxylic acids is 1. The minimum Gasteiger partial charge on any atom is -0.497 e. The number of aromatic amines is 1. The van der Waals surface area contributed by atoms with Crippen LogP contribution < -0.4 is 19.5 Å². The molecule has 0 bridgehead atoms. The highest BCUT2D eigenvalue weighted by molar-refractivity contribution is 7.99. The standard InChI is InChI=1S/C20H23N5O5S2/c1-14-22-20(24-23-14)31-11-10-21-19(26)13-30-16-6-8-18(9-7-16)32(27,28)25-15-4-3-5-17(12-15)29-2/h3-9,12,25H,10-11,13H2,1-2H3,(H,21,26)(H,22,23,24). The van der Waals surface area contributed by atoms with Crippen LogP contribution in [0.3, 0.4) is 0 Å². The number of aromatic nitrogens is 3. The lowest BCUT2D eigenvalue weighted by Gasteiger charge is -2.10. The molecule has 2 aromatic carbocycles. The van der Waals surface area contributed by atoms with E-state index in [0.717, 1.165) is 5.82 Å². The number of rotatable bonds is 11. The number of hydrogen-bond donors (Lipinski definition) is 3. The fourth-order valence-corrected chi connectivity index (χ4v) is 4.28. The number of H-pyrrole nitrogens is 1. The van der Waals surface area contributed by atoms with E-state index in [1.165, 1.54) is 43.1 Å². The van der Waals surface area contributed by atoms with Gasteiger partial charge in [0.05, 0.1) is 17.7 Å². The Morgan fingerprint density at radius 3 is 2.62 bits per heavy atom. The topological polar surface area (TPSA) is 135 Å². The molecule has 3 rings (SSSR count). The summed E-state index contributed by atoms with van der Waals surface area (Å²) in [7, 11) is -2.27. The van der Waals surface area contributed by atoms with Crippen LogP contribution in [0.15, 0.2) is 58.6 Å². The van der Waals surface area contributed by atoms with Crippen molar-refractivity contribution in [1.82, 2.24) is 20.5 Å². The van der Waals surface area contributed by atoms with Gasteiger partial charge < -0.3 is 14.8 Å². The summed E-state index contributed by atoms with van der Waals surface area (Å²) in [5.41, 5.74) is 0.387. The fourth-order valence-electron chi connectivity index (χ4n) is 2.54. The van der Waals surface area contributed by atoms with Crippen molar-refractivity contribution in [3.05, 3.63) is 54.4 Å². The smallest absolute Gasteiger partial charge is 0.261 e. The van der Waals surface area contributed by atoms with Crippen molar-refractivity contribution in [2.75, 3.05) is 30.7 Å². The summed E-state index contributed by atoms with van der Waals surface area (Å²) in [6.07, 6.45) is 0. The zero-order valence-corrected chi connectivity index (χ0v) is 19.1. The van der Waals surface area contributed by atoms with Crippen molar-refractivity contribution in [1.29, 1.82) is 0 Å². The maximum Gasteiger partial charge on any atom is 0.261 e. The largest absolute Gasteiger partial charge is 0.497 e. The Morgan fingerprint density at radius 2 is 1.94 bits per heavy atom. The molecule has 0 spiro atoms. The highest BCUT2D eigenvalue weighted by atomic mass is 32.2. The molecule has 12 heteroatoms. The quantitative estimate of drug-likeness (QED) is 0.283. The second kappa shape index (κ2) is 10.9. The summed E-state index contributed by atoms with van der Waals surface area (Å²) in [6.45, 7) is 2.07. The van der Waals surface area contributed by atoms with Crippen molar-refractivity contribution in [2.24, 2.45) is 0 Å². The Balaban J connectivity index is 1.44. The molecule has 10 nitrogen and oxygen atoms in total. The number of nitrogens with one attached hydrogen (secondary N) is 3. The molecule has 1 amide bonds. The molecule has 0 radical (unpaired) electrons. The first-order chi connectivity index (χ1) is 15.4. The van der Waals surface area contributed by atoms with Crippen LogP contribution in [0, 0.1) is 6.92 Å². The van der Waals surface area contributed by atoms with Gasteiger partial charge in [0.2, 0.25) is 5.16 Å². The number of ether oxygens (including phenoxy) is 2. The Labute approximate surface area is 190 Å². The maximum atomic E-state index is 12.6. The van der Waals surface area contributed by atoms with Gasteiger partial charge in [-0.2, -0.15) is 0 Å². The fraction of sp³-hybridized carbons (Fsp3) is 0.250. The van der Waals surface area contributed by atoms with Gasteiger partial charge in [0.1, 0.15) is 17.3 Å². The molecule has 0 aliphatic carbocycles. The SMILES string of the molecule is COc1cccc(NS(=O)(=O)c2ccc(OCC(=O)NCCSc3n[nH]c(C)n3)cc2)c1. The molecule has 0 fully saturated rings. The first kappa shape index (κ1) is 23.4. The van der Waals surface area contributed by atoms with Crippen LogP contribution in [0.2, 0.25) is 0 Å². The summed E-state index contributed by atoms with van der Waals surface area (Å²) < 4.78 is 38.1. The molecule has 170 valence electrons. The third-order valence-corrected chi connectivity index (χ3v) is 6.30. The minimum absolute atomic E-state index is 0.0661. The van der Waals surface area contributed by atoms with Crippen LogP contribution in [0.4, 0.5) is 5.69 Å². The Kier molecular flexibility index (Phi) is 7.95. The van der Waals surface area contributed by atoms with Crippen molar-refractivity contribution in [3.8, 4) is 11.5 Å². The highest BCUT2D eigenvalue weighted by Gasteiger charge is 2.15. The van der Waals surface area contributed by atoms with Crippen molar-refractivity contribution < 1.29 is 22.7 Å². The monoisotopic (exact) mass is 477 g/mol. The summed E-state index contributed by atoms with van der Waals surface area (Å²) >= 11 is 1.43. The first-order valence-corrected chi connectivity index (χ1v) is 12.0. The van der Waals surface area contributed by atoms with E-state index < -0.39 is 10.0 Å². The number of benzene rings is 2. The number of amides is 1. The van der Waals surface area contributed by atoms with Crippen LogP contribution >= 0.6 is 11.8 Å². The third-order valence-electron chi connectivity index (χ3n) is 4.06. The second-order valence-corrected chi connectivity index (χ2v) is 9.24. The van der Waals surface area contributed by atoms with Gasteiger partial charge >= 0.3 is 0 Å². The highest BCUT2D eigenvalue weighted by Crippen LogP contribution is 2.22. The van der Waals surface area contributed by atoms with Crippen LogP contribution in [0.1, 0.15) is 5.82 Å². The Hall–Kier alpha value is -3.25. The summed E-state index contributed by atoms with van der Waals surface area (Å²) in [5.74, 6) is 1.99. The Morgan fingerprint density at radius 1 is 1.16 bits per heavy atom. The zero-order valence-electron chi connectivity index (χ0n) is 17.5. The van der Waals surface area contributed by atoms with E-state index in [9.17, 15) is 13.2 Å². The van der Waals surface area contributed by atoms with Crippen LogP contribution in [-0.4, -0.2) is 55.5 Å². The van der Waals surface area contributed by atoms with Gasteiger partial charge in [-0.1, -0.05) is 17.8 Å². The number of nitrogens with zero attached hydrogens (tertiary/aromatic N) is 2. The van der Waals surface area contributed by atoms with Crippen LogP contribution in [-0.2, 0) is 14.8 Å². The molecular formula is C20H23N5O5S2. The number of methoxy groups -OCH3 is 1. The van der Waals surface area contributed by atoms with E-state index in [0.29, 0.717) is 34.6 Å². The molecule has 3 aromatic rings. The van der Waals surface area contributed by atoms with Crippen molar-refractivity contribution in [2.45, 2.75) is 17.0 Å². The number of thioether (sulfide) groups is 1. The normalized spacial score (nSPS) is 11.1. The van der Waals surface area contributed by atoms with Crippen molar-refractivity contribution in [3.63, 3.8) is 0 Å². The minimum atomic E-state index is -3.78. The lowest BCUT2D eigenvalue weighted by molar-refractivity contribution is -0.122. The van der Waals surface area contributed by atoms with Crippen LogP contribution in [0.5, 0.6) is 11.5 Å². The summed E-state index contributed by atoms with van der Waals surface area (Å²) in [6, 6.07) is 12.4. The molecule has 1 aromatic heterocycles. The first-order valence-electron chi connectivity index (χ1n) is 9.54. The van der Waals surface area contributed by atoms with E-state index in [1.54, 1.807) is 24.3 Å². The number of carbonyl (C=O) groups is 1. The predicted octanol–water partition coefficient (Wildman–Crippen LogP) is 2.21. The van der Waals surface area contributed by atoms with E-state index in [2.05, 4.69) is 25.2 Å². The summed E-state index contributed by atoms with van der Waals surface area (Å²) in [5, 5.41) is 10.1. The zero-order chi connectivity index (χ0) is 23.0. The number of sulfonamides is 1. The average Bonchev–Trinajstić information content (AvgIpc) is 3.20. The lowest BCUT2D eigenvalue weighted by Crippen LogP contribution is -2.30. The van der Waals surface area contributed by atoms with Gasteiger partial charge in [-0.05, 0) is 43.3 Å². The van der Waals surface area contributed by atoms with Crippen LogP contribution in [0.25, 0.3) is 0 Å². The molecule has 32 heavy (non-hydrogen) atoms. The molecule has 0 aliphatic rings. The van der Waals surface area contributed by atoms with E-state index in [1.807, 2.05) is 6.92 Å². The van der Waals surface area contributed by atoms with E-state index in [-0.39, 0.29) is 17.4 Å². The number of hydrogen-bond acceptors (Lipinski definition) is 8. The molecule has 0 saturated heterocycles. The molecule has 0 saturated carbocycles. The van der Waals surface area contributed by atoms with Gasteiger partial charge in [-0.25, -0.2) is 13.4 Å². The van der Waals surface area contributed by atoms with Gasteiger partial charge in [0.25, 0.3) is 15.9 Å². The van der Waals surface area contributed by atoms with Gasteiger partial charge in [0, 0.05) is 18.4 Å². The number of anilines is 1. The molecular weight excluding hydrogens is 454 g/mol. The van der Waals surface area contributed by atoms with E-state index in [4.69, 9.17) is 9.47 Å².